The van der Waals surface area contributed by atoms with E-state index in [1.807, 2.05) is 12.1 Å². The summed E-state index contributed by atoms with van der Waals surface area (Å²) in [5, 5.41) is 11.6. The normalized spacial score (nSPS) is 13.4. The van der Waals surface area contributed by atoms with Crippen LogP contribution in [0.25, 0.3) is 0 Å². The number of nitrogens with one attached hydrogen (secondary N) is 5. The number of hydrogen-bond acceptors (Lipinski definition) is 7. The predicted molar refractivity (Wildman–Crippen MR) is 289 cm³/mol. The molecular weight excluding hydrogens is 865 g/mol. The molecule has 1 aromatic carbocycles. The second kappa shape index (κ2) is 36.0. The number of rotatable bonds is 39. The lowest BCUT2D eigenvalue weighted by atomic mass is 9.96. The highest BCUT2D eigenvalue weighted by atomic mass is 16.5. The largest absolute Gasteiger partial charge is 0.489 e. The van der Waals surface area contributed by atoms with Gasteiger partial charge >= 0.3 is 12.1 Å². The van der Waals surface area contributed by atoms with Crippen LogP contribution in [0.15, 0.2) is 23.0 Å². The SMILES string of the molecule is CC(C)CCC[C@@H](C)CCOc1cc(NC(=O)NCCCCCCNC(=O)Nc2nc(C[C@@H](C)CCCC(C)C)cc(=O)[nH]2)cc(OCC[C@H](C)CCCC(C)C)c1OCC[C@H](C)CCCC(C)C. The van der Waals surface area contributed by atoms with E-state index in [0.29, 0.717) is 115 Å². The van der Waals surface area contributed by atoms with E-state index < -0.39 is 6.03 Å². The fourth-order valence-corrected chi connectivity index (χ4v) is 8.50. The number of hydrogen-bond donors (Lipinski definition) is 5. The first-order valence-corrected chi connectivity index (χ1v) is 27.7. The zero-order valence-corrected chi connectivity index (χ0v) is 45.9. The summed E-state index contributed by atoms with van der Waals surface area (Å²) in [5.74, 6) is 6.83. The minimum Gasteiger partial charge on any atom is -0.489 e. The number of H-pyrrole nitrogens is 1. The second-order valence-electron chi connectivity index (χ2n) is 22.4. The van der Waals surface area contributed by atoms with E-state index in [0.717, 1.165) is 57.8 Å². The van der Waals surface area contributed by atoms with Gasteiger partial charge in [0.25, 0.3) is 5.56 Å². The van der Waals surface area contributed by atoms with Crippen molar-refractivity contribution >= 4 is 23.7 Å². The van der Waals surface area contributed by atoms with Crippen LogP contribution in [0.3, 0.4) is 0 Å². The predicted octanol–water partition coefficient (Wildman–Crippen LogP) is 15.0. The average molecular weight is 967 g/mol. The Morgan fingerprint density at radius 2 is 0.899 bits per heavy atom. The molecule has 2 rings (SSSR count). The highest BCUT2D eigenvalue weighted by molar-refractivity contribution is 5.90. The van der Waals surface area contributed by atoms with Gasteiger partial charge in [-0.15, -0.1) is 0 Å². The van der Waals surface area contributed by atoms with Gasteiger partial charge in [0.1, 0.15) is 0 Å². The third-order valence-electron chi connectivity index (χ3n) is 13.0. The quantitative estimate of drug-likeness (QED) is 0.0418. The third kappa shape index (κ3) is 31.1. The zero-order valence-electron chi connectivity index (χ0n) is 45.9. The van der Waals surface area contributed by atoms with E-state index >= 15 is 0 Å². The lowest BCUT2D eigenvalue weighted by Gasteiger charge is -2.21. The highest BCUT2D eigenvalue weighted by Gasteiger charge is 2.19. The Hall–Kier alpha value is -3.96. The smallest absolute Gasteiger partial charge is 0.321 e. The van der Waals surface area contributed by atoms with E-state index in [1.165, 1.54) is 70.3 Å². The van der Waals surface area contributed by atoms with Crippen LogP contribution >= 0.6 is 0 Å². The van der Waals surface area contributed by atoms with Gasteiger partial charge in [-0.05, 0) is 85.9 Å². The number of carbonyl (C=O) groups excluding carboxylic acids is 2. The van der Waals surface area contributed by atoms with Gasteiger partial charge in [-0.25, -0.2) is 14.6 Å². The van der Waals surface area contributed by atoms with Crippen molar-refractivity contribution in [1.29, 1.82) is 0 Å². The second-order valence-corrected chi connectivity index (χ2v) is 22.4. The van der Waals surface area contributed by atoms with Crippen LogP contribution in [-0.2, 0) is 6.42 Å². The number of ether oxygens (including phenoxy) is 3. The molecule has 0 aliphatic carbocycles. The van der Waals surface area contributed by atoms with Gasteiger partial charge in [-0.1, -0.05) is 173 Å². The van der Waals surface area contributed by atoms with Gasteiger partial charge in [0.2, 0.25) is 11.7 Å². The van der Waals surface area contributed by atoms with Crippen LogP contribution in [0.4, 0.5) is 21.2 Å². The summed E-state index contributed by atoms with van der Waals surface area (Å²) in [7, 11) is 0. The summed E-state index contributed by atoms with van der Waals surface area (Å²) in [6, 6.07) is 4.59. The summed E-state index contributed by atoms with van der Waals surface area (Å²) < 4.78 is 19.7. The molecule has 0 fully saturated rings. The molecule has 0 unspecified atom stereocenters. The first-order valence-electron chi connectivity index (χ1n) is 27.7. The van der Waals surface area contributed by atoms with Crippen molar-refractivity contribution in [3.63, 3.8) is 0 Å². The Balaban J connectivity index is 2.00. The van der Waals surface area contributed by atoms with Gasteiger partial charge in [-0.2, -0.15) is 0 Å². The Bertz CT molecular complexity index is 1680. The van der Waals surface area contributed by atoms with Gasteiger partial charge in [-0.3, -0.25) is 15.1 Å². The zero-order chi connectivity index (χ0) is 51.0. The lowest BCUT2D eigenvalue weighted by Crippen LogP contribution is -2.31. The average Bonchev–Trinajstić information content (AvgIpc) is 3.24. The van der Waals surface area contributed by atoms with E-state index in [1.54, 1.807) is 0 Å². The monoisotopic (exact) mass is 967 g/mol. The fraction of sp³-hybridized carbons (Fsp3) is 0.789. The molecule has 396 valence electrons. The molecule has 0 saturated heterocycles. The number of nitrogens with zero attached hydrogens (tertiary/aromatic N) is 1. The molecule has 12 heteroatoms. The number of carbonyl (C=O) groups is 2. The van der Waals surface area contributed by atoms with Crippen LogP contribution in [0.1, 0.15) is 211 Å². The maximum atomic E-state index is 13.3. The van der Waals surface area contributed by atoms with Gasteiger partial charge in [0, 0.05) is 31.3 Å². The van der Waals surface area contributed by atoms with Crippen LogP contribution < -0.4 is 41.0 Å². The standard InChI is InChI=1S/C57H102N6O6/c1-41(2)21-17-25-45(9)29-34-67-51-38-50(39-52(68-35-30-46(10)26-18-22-42(3)4)54(51)69-36-31-47(11)27-19-23-43(5)6)61-56(65)58-32-15-13-14-16-33-59-57(66)63-55-60-49(40-53(64)62-55)37-48(12)28-20-24-44(7)8/h38-48H,13-37H2,1-12H3,(H2,58,61,65)(H3,59,60,62,63,64,66)/t45-,46-,47-,48+/m1/s1. The summed E-state index contributed by atoms with van der Waals surface area (Å²) in [6.07, 6.45) is 21.2. The first-order chi connectivity index (χ1) is 32.9. The third-order valence-corrected chi connectivity index (χ3v) is 13.0. The van der Waals surface area contributed by atoms with Crippen LogP contribution in [0.2, 0.25) is 0 Å². The molecule has 12 nitrogen and oxygen atoms in total. The number of urea groups is 2. The van der Waals surface area contributed by atoms with Gasteiger partial charge in [0.05, 0.1) is 31.2 Å². The Morgan fingerprint density at radius 3 is 1.33 bits per heavy atom. The molecule has 4 amide bonds. The number of benzene rings is 1. The number of aromatic nitrogens is 2. The molecule has 0 aliphatic rings. The summed E-state index contributed by atoms with van der Waals surface area (Å²) in [6.45, 7) is 29.9. The van der Waals surface area contributed by atoms with Crippen molar-refractivity contribution in [2.45, 2.75) is 212 Å². The Labute approximate surface area is 420 Å². The van der Waals surface area contributed by atoms with Crippen molar-refractivity contribution < 1.29 is 23.8 Å². The molecule has 0 radical (unpaired) electrons. The lowest BCUT2D eigenvalue weighted by molar-refractivity contribution is 0.216. The summed E-state index contributed by atoms with van der Waals surface area (Å²) in [4.78, 5) is 45.3. The van der Waals surface area contributed by atoms with Crippen molar-refractivity contribution in [3.8, 4) is 17.2 Å². The molecule has 0 saturated carbocycles. The Morgan fingerprint density at radius 1 is 0.493 bits per heavy atom. The van der Waals surface area contributed by atoms with E-state index in [-0.39, 0.29) is 17.5 Å². The first kappa shape index (κ1) is 61.2. The molecule has 1 heterocycles. The minimum absolute atomic E-state index is 0.161. The molecule has 2 aromatic rings. The molecule has 69 heavy (non-hydrogen) atoms. The summed E-state index contributed by atoms with van der Waals surface area (Å²) >= 11 is 0. The van der Waals surface area contributed by atoms with Crippen molar-refractivity contribution in [3.05, 3.63) is 34.2 Å². The van der Waals surface area contributed by atoms with Gasteiger partial charge in [0.15, 0.2) is 11.5 Å². The maximum Gasteiger partial charge on any atom is 0.321 e. The molecule has 5 N–H and O–H groups in total. The van der Waals surface area contributed by atoms with E-state index in [9.17, 15) is 14.4 Å². The number of aromatic amines is 1. The van der Waals surface area contributed by atoms with Gasteiger partial charge < -0.3 is 30.2 Å². The number of anilines is 2. The van der Waals surface area contributed by atoms with Crippen molar-refractivity contribution in [2.75, 3.05) is 43.5 Å². The van der Waals surface area contributed by atoms with Crippen LogP contribution in [0, 0.1) is 47.3 Å². The number of amides is 4. The van der Waals surface area contributed by atoms with Crippen molar-refractivity contribution in [1.82, 2.24) is 20.6 Å². The molecular formula is C57H102N6O6. The number of unbranched alkanes of at least 4 members (excludes halogenated alkanes) is 3. The maximum absolute atomic E-state index is 13.3. The molecule has 0 bridgehead atoms. The molecule has 0 aliphatic heterocycles. The van der Waals surface area contributed by atoms with E-state index in [4.69, 9.17) is 14.2 Å². The molecule has 1 aromatic heterocycles. The van der Waals surface area contributed by atoms with Crippen molar-refractivity contribution in [2.24, 2.45) is 47.3 Å². The highest BCUT2D eigenvalue weighted by Crippen LogP contribution is 2.42. The molecule has 0 spiro atoms. The molecule has 4 atom stereocenters. The summed E-state index contributed by atoms with van der Waals surface area (Å²) in [5.41, 5.74) is 1.01. The van der Waals surface area contributed by atoms with E-state index in [2.05, 4.69) is 114 Å². The minimum atomic E-state index is -0.402. The van der Waals surface area contributed by atoms with Crippen LogP contribution in [-0.4, -0.2) is 54.9 Å². The van der Waals surface area contributed by atoms with Crippen LogP contribution in [0.5, 0.6) is 17.2 Å². The topological polar surface area (TPSA) is 156 Å². The Kier molecular flexibility index (Phi) is 31.9. The fourth-order valence-electron chi connectivity index (χ4n) is 8.50.